The first-order chi connectivity index (χ1) is 8.08. The minimum Gasteiger partial charge on any atom is -0.481 e. The molecular formula is C13H16FNO2. The number of hydrogen-bond donors (Lipinski definition) is 1. The van der Waals surface area contributed by atoms with Gasteiger partial charge in [-0.15, -0.1) is 0 Å². The average molecular weight is 237 g/mol. The van der Waals surface area contributed by atoms with Crippen LogP contribution in [-0.2, 0) is 11.3 Å². The zero-order valence-corrected chi connectivity index (χ0v) is 9.77. The van der Waals surface area contributed by atoms with Gasteiger partial charge in [0.15, 0.2) is 0 Å². The van der Waals surface area contributed by atoms with E-state index in [2.05, 4.69) is 0 Å². The Balaban J connectivity index is 1.95. The van der Waals surface area contributed by atoms with E-state index >= 15 is 0 Å². The van der Waals surface area contributed by atoms with Crippen molar-refractivity contribution in [1.29, 1.82) is 0 Å². The monoisotopic (exact) mass is 237 g/mol. The van der Waals surface area contributed by atoms with E-state index in [-0.39, 0.29) is 17.8 Å². The van der Waals surface area contributed by atoms with Gasteiger partial charge in [0.1, 0.15) is 5.82 Å². The van der Waals surface area contributed by atoms with Gasteiger partial charge in [0.2, 0.25) is 0 Å². The number of carboxylic acids is 1. The van der Waals surface area contributed by atoms with Crippen LogP contribution in [0.2, 0.25) is 0 Å². The Morgan fingerprint density at radius 2 is 2.06 bits per heavy atom. The molecule has 1 fully saturated rings. The molecule has 0 aromatic heterocycles. The molecule has 0 heterocycles. The summed E-state index contributed by atoms with van der Waals surface area (Å²) in [5.74, 6) is -1.21. The van der Waals surface area contributed by atoms with Gasteiger partial charge in [0.25, 0.3) is 0 Å². The van der Waals surface area contributed by atoms with E-state index in [1.54, 1.807) is 12.1 Å². The van der Waals surface area contributed by atoms with Crippen molar-refractivity contribution in [2.45, 2.75) is 25.4 Å². The van der Waals surface area contributed by atoms with Crippen molar-refractivity contribution in [3.05, 3.63) is 35.6 Å². The van der Waals surface area contributed by atoms with Crippen LogP contribution in [0.15, 0.2) is 24.3 Å². The quantitative estimate of drug-likeness (QED) is 0.872. The number of carboxylic acid groups (broad SMARTS) is 1. The van der Waals surface area contributed by atoms with Gasteiger partial charge in [0.05, 0.1) is 5.92 Å². The van der Waals surface area contributed by atoms with Gasteiger partial charge in [-0.2, -0.15) is 0 Å². The van der Waals surface area contributed by atoms with Crippen molar-refractivity contribution in [1.82, 2.24) is 4.90 Å². The maximum atomic E-state index is 12.7. The molecule has 3 nitrogen and oxygen atoms in total. The van der Waals surface area contributed by atoms with Crippen LogP contribution < -0.4 is 0 Å². The van der Waals surface area contributed by atoms with E-state index in [1.807, 2.05) is 11.9 Å². The molecule has 1 aromatic rings. The Kier molecular flexibility index (Phi) is 3.43. The van der Waals surface area contributed by atoms with Gasteiger partial charge in [-0.3, -0.25) is 9.69 Å². The number of rotatable bonds is 4. The van der Waals surface area contributed by atoms with E-state index in [9.17, 15) is 9.18 Å². The van der Waals surface area contributed by atoms with E-state index in [0.29, 0.717) is 6.54 Å². The zero-order valence-electron chi connectivity index (χ0n) is 9.77. The summed E-state index contributed by atoms with van der Waals surface area (Å²) in [5, 5.41) is 8.98. The predicted molar refractivity (Wildman–Crippen MR) is 62.0 cm³/mol. The molecule has 0 aliphatic heterocycles. The average Bonchev–Trinajstić information content (AvgIpc) is 2.18. The maximum absolute atomic E-state index is 12.7. The molecule has 0 bridgehead atoms. The summed E-state index contributed by atoms with van der Waals surface area (Å²) < 4.78 is 12.7. The lowest BCUT2D eigenvalue weighted by Crippen LogP contribution is -2.48. The number of halogens is 1. The van der Waals surface area contributed by atoms with Crippen molar-refractivity contribution in [3.8, 4) is 0 Å². The molecule has 0 spiro atoms. The lowest BCUT2D eigenvalue weighted by atomic mass is 9.78. The van der Waals surface area contributed by atoms with Crippen molar-refractivity contribution in [2.24, 2.45) is 5.92 Å². The third kappa shape index (κ3) is 2.64. The van der Waals surface area contributed by atoms with Gasteiger partial charge in [-0.05, 0) is 37.6 Å². The summed E-state index contributed by atoms with van der Waals surface area (Å²) >= 11 is 0. The van der Waals surface area contributed by atoms with Gasteiger partial charge in [0, 0.05) is 12.6 Å². The Morgan fingerprint density at radius 3 is 2.53 bits per heavy atom. The standard InChI is InChI=1S/C13H16FNO2/c1-15(12-7-6-11(12)13(16)17)8-9-2-4-10(14)5-3-9/h2-5,11-12H,6-8H2,1H3,(H,16,17). The Morgan fingerprint density at radius 1 is 1.41 bits per heavy atom. The second kappa shape index (κ2) is 4.84. The second-order valence-corrected chi connectivity index (χ2v) is 4.63. The third-order valence-corrected chi connectivity index (χ3v) is 3.47. The van der Waals surface area contributed by atoms with Gasteiger partial charge in [-0.1, -0.05) is 12.1 Å². The summed E-state index contributed by atoms with van der Waals surface area (Å²) in [7, 11) is 1.92. The van der Waals surface area contributed by atoms with Crippen LogP contribution >= 0.6 is 0 Å². The summed E-state index contributed by atoms with van der Waals surface area (Å²) in [5.41, 5.74) is 1.00. The largest absolute Gasteiger partial charge is 0.481 e. The minimum absolute atomic E-state index is 0.109. The lowest BCUT2D eigenvalue weighted by molar-refractivity contribution is -0.148. The SMILES string of the molecule is CN(Cc1ccc(F)cc1)C1CCC1C(=O)O. The van der Waals surface area contributed by atoms with E-state index in [0.717, 1.165) is 18.4 Å². The van der Waals surface area contributed by atoms with Crippen molar-refractivity contribution in [3.63, 3.8) is 0 Å². The van der Waals surface area contributed by atoms with Crippen LogP contribution in [0.4, 0.5) is 4.39 Å². The molecular weight excluding hydrogens is 221 g/mol. The van der Waals surface area contributed by atoms with Gasteiger partial charge < -0.3 is 5.11 Å². The topological polar surface area (TPSA) is 40.5 Å². The molecule has 1 N–H and O–H groups in total. The number of benzene rings is 1. The molecule has 17 heavy (non-hydrogen) atoms. The molecule has 0 saturated heterocycles. The van der Waals surface area contributed by atoms with Crippen LogP contribution in [0.3, 0.4) is 0 Å². The lowest BCUT2D eigenvalue weighted by Gasteiger charge is -2.40. The molecule has 1 aliphatic rings. The normalized spacial score (nSPS) is 23.5. The highest BCUT2D eigenvalue weighted by Crippen LogP contribution is 2.32. The minimum atomic E-state index is -0.716. The van der Waals surface area contributed by atoms with Crippen LogP contribution in [0, 0.1) is 11.7 Å². The molecule has 2 unspecified atom stereocenters. The predicted octanol–water partition coefficient (Wildman–Crippen LogP) is 2.12. The first-order valence-corrected chi connectivity index (χ1v) is 5.75. The first-order valence-electron chi connectivity index (χ1n) is 5.75. The van der Waals surface area contributed by atoms with E-state index in [4.69, 9.17) is 5.11 Å². The zero-order chi connectivity index (χ0) is 12.4. The molecule has 2 atom stereocenters. The maximum Gasteiger partial charge on any atom is 0.308 e. The molecule has 0 radical (unpaired) electrons. The number of carbonyl (C=O) groups is 1. The number of hydrogen-bond acceptors (Lipinski definition) is 2. The van der Waals surface area contributed by atoms with Crippen LogP contribution in [0.5, 0.6) is 0 Å². The highest BCUT2D eigenvalue weighted by molar-refractivity contribution is 5.72. The highest BCUT2D eigenvalue weighted by Gasteiger charge is 2.38. The fourth-order valence-electron chi connectivity index (χ4n) is 2.29. The molecule has 4 heteroatoms. The number of nitrogens with zero attached hydrogens (tertiary/aromatic N) is 1. The fraction of sp³-hybridized carbons (Fsp3) is 0.462. The molecule has 1 aromatic carbocycles. The molecule has 92 valence electrons. The van der Waals surface area contributed by atoms with Crippen molar-refractivity contribution >= 4 is 5.97 Å². The summed E-state index contributed by atoms with van der Waals surface area (Å²) in [4.78, 5) is 13.0. The van der Waals surface area contributed by atoms with Crippen LogP contribution in [0.25, 0.3) is 0 Å². The smallest absolute Gasteiger partial charge is 0.308 e. The fourth-order valence-corrected chi connectivity index (χ4v) is 2.29. The third-order valence-electron chi connectivity index (χ3n) is 3.47. The Bertz CT molecular complexity index is 404. The van der Waals surface area contributed by atoms with Crippen molar-refractivity contribution in [2.75, 3.05) is 7.05 Å². The van der Waals surface area contributed by atoms with E-state index in [1.165, 1.54) is 12.1 Å². The first kappa shape index (κ1) is 12.0. The molecule has 1 aliphatic carbocycles. The number of aliphatic carboxylic acids is 1. The second-order valence-electron chi connectivity index (χ2n) is 4.63. The molecule has 1 saturated carbocycles. The Labute approximate surface area is 99.9 Å². The van der Waals surface area contributed by atoms with Crippen LogP contribution in [-0.4, -0.2) is 29.1 Å². The van der Waals surface area contributed by atoms with Gasteiger partial charge in [-0.25, -0.2) is 4.39 Å². The summed E-state index contributed by atoms with van der Waals surface area (Å²) in [6, 6.07) is 6.44. The summed E-state index contributed by atoms with van der Waals surface area (Å²) in [6.07, 6.45) is 1.68. The summed E-state index contributed by atoms with van der Waals surface area (Å²) in [6.45, 7) is 0.661. The van der Waals surface area contributed by atoms with Crippen molar-refractivity contribution < 1.29 is 14.3 Å². The van der Waals surface area contributed by atoms with E-state index < -0.39 is 5.97 Å². The van der Waals surface area contributed by atoms with Crippen LogP contribution in [0.1, 0.15) is 18.4 Å². The Hall–Kier alpha value is -1.42. The van der Waals surface area contributed by atoms with Gasteiger partial charge >= 0.3 is 5.97 Å². The molecule has 2 rings (SSSR count). The molecule has 0 amide bonds. The highest BCUT2D eigenvalue weighted by atomic mass is 19.1.